The normalized spacial score (nSPS) is 18.1. The molecule has 2 saturated carbocycles. The number of hydrogen-bond acceptors (Lipinski definition) is 3. The average Bonchev–Trinajstić information content (AvgIpc) is 3.30. The van der Waals surface area contributed by atoms with Gasteiger partial charge in [0.05, 0.1) is 12.7 Å². The summed E-state index contributed by atoms with van der Waals surface area (Å²) in [5.41, 5.74) is 5.22. The van der Waals surface area contributed by atoms with Crippen LogP contribution in [-0.2, 0) is 4.74 Å². The molecule has 0 spiro atoms. The topological polar surface area (TPSA) is 47.1 Å². The van der Waals surface area contributed by atoms with Crippen molar-refractivity contribution in [2.75, 3.05) is 12.4 Å². The number of fused-ring (bicyclic) bond motifs is 1. The molecule has 35 heavy (non-hydrogen) atoms. The summed E-state index contributed by atoms with van der Waals surface area (Å²) < 4.78 is 10.1. The molecule has 2 aliphatic carbocycles. The van der Waals surface area contributed by atoms with Crippen molar-refractivity contribution in [3.05, 3.63) is 59.9 Å². The molecule has 1 N–H and O–H groups in total. The van der Waals surface area contributed by atoms with Crippen LogP contribution in [0.1, 0.15) is 99.1 Å². The minimum absolute atomic E-state index is 0. The third-order valence-corrected chi connectivity index (χ3v) is 7.97. The van der Waals surface area contributed by atoms with Gasteiger partial charge in [0.25, 0.3) is 0 Å². The monoisotopic (exact) mass is 587 g/mol. The van der Waals surface area contributed by atoms with Crippen LogP contribution in [-0.4, -0.2) is 23.7 Å². The second kappa shape index (κ2) is 11.8. The quantitative estimate of drug-likeness (QED) is 0.273. The van der Waals surface area contributed by atoms with E-state index in [1.165, 1.54) is 69.6 Å². The van der Waals surface area contributed by atoms with Gasteiger partial charge >= 0.3 is 5.97 Å². The maximum atomic E-state index is 12.9. The molecular formula is C29H38IN3O2. The van der Waals surface area contributed by atoms with Crippen LogP contribution in [0.15, 0.2) is 48.8 Å². The maximum absolute atomic E-state index is 12.9. The summed E-state index contributed by atoms with van der Waals surface area (Å²) in [5, 5.41) is 3.84. The minimum Gasteiger partial charge on any atom is -1.00 e. The van der Waals surface area contributed by atoms with E-state index in [0.717, 1.165) is 24.0 Å². The Morgan fingerprint density at radius 2 is 1.63 bits per heavy atom. The van der Waals surface area contributed by atoms with E-state index >= 15 is 0 Å². The van der Waals surface area contributed by atoms with Gasteiger partial charge in [0, 0.05) is 6.04 Å². The highest BCUT2D eigenvalue weighted by atomic mass is 127. The fraction of sp³-hybridized carbons (Fsp3) is 0.517. The van der Waals surface area contributed by atoms with Crippen molar-refractivity contribution in [3.63, 3.8) is 0 Å². The summed E-state index contributed by atoms with van der Waals surface area (Å²) in [6.07, 6.45) is 14.6. The Kier molecular flexibility index (Phi) is 8.73. The number of rotatable bonds is 6. The van der Waals surface area contributed by atoms with Crippen LogP contribution < -0.4 is 33.9 Å². The number of carbonyl (C=O) groups is 1. The molecule has 0 aliphatic heterocycles. The number of anilines is 1. The van der Waals surface area contributed by atoms with E-state index in [0.29, 0.717) is 17.6 Å². The highest BCUT2D eigenvalue weighted by Crippen LogP contribution is 2.35. The van der Waals surface area contributed by atoms with E-state index < -0.39 is 0 Å². The molecule has 5 nitrogen and oxygen atoms in total. The van der Waals surface area contributed by atoms with E-state index in [-0.39, 0.29) is 36.0 Å². The molecule has 2 aliphatic rings. The predicted octanol–water partition coefficient (Wildman–Crippen LogP) is 3.58. The zero-order chi connectivity index (χ0) is 23.5. The third kappa shape index (κ3) is 5.37. The zero-order valence-electron chi connectivity index (χ0n) is 21.0. The second-order valence-electron chi connectivity index (χ2n) is 10.1. The lowest BCUT2D eigenvalue weighted by Crippen LogP contribution is -3.00. The molecule has 5 rings (SSSR count). The van der Waals surface area contributed by atoms with E-state index in [1.54, 1.807) is 0 Å². The number of nitrogens with zero attached hydrogens (tertiary/aromatic N) is 2. The van der Waals surface area contributed by atoms with Gasteiger partial charge < -0.3 is 34.0 Å². The number of benzene rings is 2. The summed E-state index contributed by atoms with van der Waals surface area (Å²) in [6, 6.07) is 15.8. The Hall–Kier alpha value is -2.09. The molecule has 3 aromatic rings. The number of esters is 1. The van der Waals surface area contributed by atoms with Crippen molar-refractivity contribution in [1.29, 1.82) is 0 Å². The van der Waals surface area contributed by atoms with Gasteiger partial charge in [-0.3, -0.25) is 0 Å². The smallest absolute Gasteiger partial charge is 0.340 e. The number of methoxy groups -OCH3 is 1. The summed E-state index contributed by atoms with van der Waals surface area (Å²) in [7, 11) is 1.48. The Labute approximate surface area is 226 Å². The number of hydrogen-bond donors (Lipinski definition) is 1. The number of ether oxygens (including phenoxy) is 1. The van der Waals surface area contributed by atoms with Gasteiger partial charge in [-0.05, 0) is 63.1 Å². The Morgan fingerprint density at radius 3 is 2.29 bits per heavy atom. The van der Waals surface area contributed by atoms with Crippen molar-refractivity contribution < 1.29 is 38.1 Å². The molecule has 188 valence electrons. The van der Waals surface area contributed by atoms with Crippen molar-refractivity contribution in [2.24, 2.45) is 0 Å². The van der Waals surface area contributed by atoms with Crippen LogP contribution in [0, 0.1) is 0 Å². The molecule has 0 saturated heterocycles. The van der Waals surface area contributed by atoms with Gasteiger partial charge in [0.1, 0.15) is 17.8 Å². The summed E-state index contributed by atoms with van der Waals surface area (Å²) in [6.45, 7) is 2.27. The molecule has 1 atom stereocenters. The lowest BCUT2D eigenvalue weighted by molar-refractivity contribution is -0.701. The van der Waals surface area contributed by atoms with Gasteiger partial charge in [-0.1, -0.05) is 56.0 Å². The molecule has 1 aromatic heterocycles. The SMILES string of the molecule is COC(=O)c1ccc2c(c1NC1CCCCC1)[n+](C1CCCCC1)cn2[C@H](C)c1ccccc1.[I-]. The van der Waals surface area contributed by atoms with Crippen LogP contribution in [0.2, 0.25) is 0 Å². The van der Waals surface area contributed by atoms with Crippen molar-refractivity contribution >= 4 is 22.7 Å². The molecule has 2 aromatic carbocycles. The van der Waals surface area contributed by atoms with Gasteiger partial charge in [0.2, 0.25) is 6.33 Å². The lowest BCUT2D eigenvalue weighted by Gasteiger charge is -2.25. The zero-order valence-corrected chi connectivity index (χ0v) is 23.2. The molecule has 1 heterocycles. The number of aromatic nitrogens is 2. The van der Waals surface area contributed by atoms with Gasteiger partial charge in [-0.25, -0.2) is 13.9 Å². The lowest BCUT2D eigenvalue weighted by atomic mass is 9.94. The fourth-order valence-corrected chi connectivity index (χ4v) is 6.02. The van der Waals surface area contributed by atoms with Crippen molar-refractivity contribution in [3.8, 4) is 0 Å². The summed E-state index contributed by atoms with van der Waals surface area (Å²) in [4.78, 5) is 12.9. The molecule has 2 fully saturated rings. The van der Waals surface area contributed by atoms with E-state index in [9.17, 15) is 4.79 Å². The Morgan fingerprint density at radius 1 is 0.971 bits per heavy atom. The van der Waals surface area contributed by atoms with Gasteiger partial charge in [-0.2, -0.15) is 0 Å². The third-order valence-electron chi connectivity index (χ3n) is 7.97. The molecule has 6 heteroatoms. The molecule has 0 amide bonds. The summed E-state index contributed by atoms with van der Waals surface area (Å²) >= 11 is 0. The largest absolute Gasteiger partial charge is 1.00 e. The van der Waals surface area contributed by atoms with E-state index in [2.05, 4.69) is 64.1 Å². The molecule has 0 radical (unpaired) electrons. The Balaban J connectivity index is 0.00000289. The number of nitrogens with one attached hydrogen (secondary N) is 1. The predicted molar refractivity (Wildman–Crippen MR) is 136 cm³/mol. The van der Waals surface area contributed by atoms with Crippen LogP contribution in [0.3, 0.4) is 0 Å². The first-order valence-corrected chi connectivity index (χ1v) is 13.2. The molecular weight excluding hydrogens is 549 g/mol. The summed E-state index contributed by atoms with van der Waals surface area (Å²) in [5.74, 6) is -0.265. The first kappa shape index (κ1) is 26.0. The van der Waals surface area contributed by atoms with Crippen LogP contribution in [0.4, 0.5) is 5.69 Å². The Bertz CT molecular complexity index is 1130. The highest BCUT2D eigenvalue weighted by Gasteiger charge is 2.32. The minimum atomic E-state index is -0.265. The first-order chi connectivity index (χ1) is 16.7. The fourth-order valence-electron chi connectivity index (χ4n) is 6.02. The van der Waals surface area contributed by atoms with Crippen LogP contribution in [0.25, 0.3) is 11.0 Å². The number of halogens is 1. The van der Waals surface area contributed by atoms with Crippen LogP contribution >= 0.6 is 0 Å². The molecule has 0 bridgehead atoms. The van der Waals surface area contributed by atoms with Crippen molar-refractivity contribution in [2.45, 2.75) is 89.3 Å². The number of carbonyl (C=O) groups excluding carboxylic acids is 1. The van der Waals surface area contributed by atoms with E-state index in [1.807, 2.05) is 6.07 Å². The van der Waals surface area contributed by atoms with Gasteiger partial charge in [0.15, 0.2) is 11.0 Å². The van der Waals surface area contributed by atoms with E-state index in [4.69, 9.17) is 4.74 Å². The second-order valence-corrected chi connectivity index (χ2v) is 10.1. The van der Waals surface area contributed by atoms with Gasteiger partial charge in [-0.15, -0.1) is 0 Å². The number of imidazole rings is 1. The molecule has 0 unspecified atom stereocenters. The first-order valence-electron chi connectivity index (χ1n) is 13.2. The van der Waals surface area contributed by atoms with Crippen molar-refractivity contribution in [1.82, 2.24) is 4.57 Å². The standard InChI is InChI=1S/C29H37N3O2.HI/c1-21(22-12-6-3-7-13-22)31-20-32(24-16-10-5-11-17-24)28-26(31)19-18-25(29(33)34-2)27(28)30-23-14-8-4-9-15-23;/h3,6-7,12-13,18-21,23-24H,4-5,8-11,14-17H2,1-2H3;1H/t21-;/m1./s1. The average molecular weight is 588 g/mol. The maximum Gasteiger partial charge on any atom is 0.340 e. The highest BCUT2D eigenvalue weighted by molar-refractivity contribution is 6.03. The van der Waals surface area contributed by atoms with Crippen LogP contribution in [0.5, 0.6) is 0 Å².